The summed E-state index contributed by atoms with van der Waals surface area (Å²) in [5, 5.41) is 9.04. The Labute approximate surface area is 94.6 Å². The van der Waals surface area contributed by atoms with E-state index in [1.807, 2.05) is 0 Å². The van der Waals surface area contributed by atoms with Gasteiger partial charge in [0.1, 0.15) is 6.04 Å². The van der Waals surface area contributed by atoms with Gasteiger partial charge in [-0.05, 0) is 25.7 Å². The smallest absolute Gasteiger partial charge is 0.326 e. The van der Waals surface area contributed by atoms with E-state index in [1.54, 1.807) is 0 Å². The number of hydrogen-bond acceptors (Lipinski definition) is 3. The minimum atomic E-state index is -0.891. The highest BCUT2D eigenvalue weighted by Gasteiger charge is 2.48. The predicted molar refractivity (Wildman–Crippen MR) is 57.7 cm³/mol. The fraction of sp³-hybridized carbons (Fsp3) is 0.818. The topological polar surface area (TPSA) is 83.6 Å². The van der Waals surface area contributed by atoms with Gasteiger partial charge in [0.05, 0.1) is 5.41 Å². The standard InChI is InChI=1S/C11H18N2O3/c12-7-11(4-2-5-11)10(16)13-6-1-3-8(13)9(14)15/h8H,1-7,12H2,(H,14,15)/t8-/m0/s1. The van der Waals surface area contributed by atoms with Crippen molar-refractivity contribution in [3.05, 3.63) is 0 Å². The number of carbonyl (C=O) groups is 2. The summed E-state index contributed by atoms with van der Waals surface area (Å²) in [5.74, 6) is -0.927. The molecule has 5 nitrogen and oxygen atoms in total. The van der Waals surface area contributed by atoms with Crippen LogP contribution in [0.15, 0.2) is 0 Å². The molecule has 1 saturated carbocycles. The van der Waals surface area contributed by atoms with Crippen molar-refractivity contribution in [1.29, 1.82) is 0 Å². The quantitative estimate of drug-likeness (QED) is 0.719. The summed E-state index contributed by atoms with van der Waals surface area (Å²) in [4.78, 5) is 24.8. The van der Waals surface area contributed by atoms with Crippen molar-refractivity contribution in [2.75, 3.05) is 13.1 Å². The number of hydrogen-bond donors (Lipinski definition) is 2. The molecular formula is C11H18N2O3. The molecule has 2 rings (SSSR count). The van der Waals surface area contributed by atoms with Crippen LogP contribution in [-0.2, 0) is 9.59 Å². The zero-order chi connectivity index (χ0) is 11.8. The van der Waals surface area contributed by atoms with Crippen molar-refractivity contribution in [3.8, 4) is 0 Å². The lowest BCUT2D eigenvalue weighted by atomic mass is 9.67. The number of nitrogens with zero attached hydrogens (tertiary/aromatic N) is 1. The van der Waals surface area contributed by atoms with Crippen LogP contribution in [0.3, 0.4) is 0 Å². The van der Waals surface area contributed by atoms with E-state index in [-0.39, 0.29) is 5.91 Å². The number of likely N-dealkylation sites (tertiary alicyclic amines) is 1. The molecule has 0 spiro atoms. The zero-order valence-corrected chi connectivity index (χ0v) is 9.32. The van der Waals surface area contributed by atoms with E-state index in [0.29, 0.717) is 19.5 Å². The maximum Gasteiger partial charge on any atom is 0.326 e. The summed E-state index contributed by atoms with van der Waals surface area (Å²) in [6, 6.07) is -0.628. The molecule has 0 aromatic heterocycles. The van der Waals surface area contributed by atoms with Gasteiger partial charge in [0.25, 0.3) is 0 Å². The maximum atomic E-state index is 12.3. The van der Waals surface area contributed by atoms with Gasteiger partial charge in [-0.25, -0.2) is 4.79 Å². The van der Waals surface area contributed by atoms with Gasteiger partial charge in [-0.3, -0.25) is 4.79 Å². The van der Waals surface area contributed by atoms with Gasteiger partial charge in [-0.1, -0.05) is 6.42 Å². The second-order valence-corrected chi connectivity index (χ2v) is 4.83. The molecule has 2 aliphatic rings. The number of carboxylic acid groups (broad SMARTS) is 1. The molecule has 3 N–H and O–H groups in total. The van der Waals surface area contributed by atoms with Crippen LogP contribution in [0.5, 0.6) is 0 Å². The van der Waals surface area contributed by atoms with Gasteiger partial charge >= 0.3 is 5.97 Å². The molecule has 16 heavy (non-hydrogen) atoms. The van der Waals surface area contributed by atoms with E-state index in [0.717, 1.165) is 25.7 Å². The zero-order valence-electron chi connectivity index (χ0n) is 9.32. The number of amides is 1. The first-order valence-electron chi connectivity index (χ1n) is 5.85. The Bertz CT molecular complexity index is 307. The lowest BCUT2D eigenvalue weighted by molar-refractivity contribution is -0.155. The Morgan fingerprint density at radius 1 is 1.38 bits per heavy atom. The predicted octanol–water partition coefficient (Wildman–Crippen LogP) is 0.191. The molecule has 0 aromatic rings. The number of nitrogens with two attached hydrogens (primary N) is 1. The second kappa shape index (κ2) is 4.05. The van der Waals surface area contributed by atoms with Gasteiger partial charge < -0.3 is 15.7 Å². The van der Waals surface area contributed by atoms with Crippen LogP contribution in [0.2, 0.25) is 0 Å². The summed E-state index contributed by atoms with van der Waals surface area (Å²) in [5.41, 5.74) is 5.22. The van der Waals surface area contributed by atoms with Crippen LogP contribution in [0.25, 0.3) is 0 Å². The molecule has 1 saturated heterocycles. The highest BCUT2D eigenvalue weighted by Crippen LogP contribution is 2.42. The normalized spacial score (nSPS) is 27.6. The van der Waals surface area contributed by atoms with Crippen molar-refractivity contribution in [3.63, 3.8) is 0 Å². The lowest BCUT2D eigenvalue weighted by Crippen LogP contribution is -2.54. The van der Waals surface area contributed by atoms with Gasteiger partial charge in [0, 0.05) is 13.1 Å². The molecule has 0 radical (unpaired) electrons. The molecule has 0 bridgehead atoms. The van der Waals surface area contributed by atoms with E-state index in [9.17, 15) is 9.59 Å². The van der Waals surface area contributed by atoms with Crippen LogP contribution in [0.1, 0.15) is 32.1 Å². The highest BCUT2D eigenvalue weighted by molar-refractivity contribution is 5.88. The van der Waals surface area contributed by atoms with E-state index in [4.69, 9.17) is 10.8 Å². The van der Waals surface area contributed by atoms with Gasteiger partial charge in [-0.2, -0.15) is 0 Å². The largest absolute Gasteiger partial charge is 0.480 e. The molecule has 1 amide bonds. The summed E-state index contributed by atoms with van der Waals surface area (Å²) in [6.45, 7) is 0.909. The first-order chi connectivity index (χ1) is 7.60. The van der Waals surface area contributed by atoms with Crippen LogP contribution < -0.4 is 5.73 Å². The SMILES string of the molecule is NCC1(C(=O)N2CCC[C@H]2C(=O)O)CCC1. The van der Waals surface area contributed by atoms with Crippen molar-refractivity contribution < 1.29 is 14.7 Å². The van der Waals surface area contributed by atoms with E-state index in [2.05, 4.69) is 0 Å². The third kappa shape index (κ3) is 1.59. The van der Waals surface area contributed by atoms with Crippen LogP contribution in [-0.4, -0.2) is 41.0 Å². The highest BCUT2D eigenvalue weighted by atomic mass is 16.4. The summed E-state index contributed by atoms with van der Waals surface area (Å²) in [7, 11) is 0. The fourth-order valence-corrected chi connectivity index (χ4v) is 2.68. The number of carbonyl (C=O) groups excluding carboxylic acids is 1. The molecular weight excluding hydrogens is 208 g/mol. The monoisotopic (exact) mass is 226 g/mol. The molecule has 0 aromatic carbocycles. The van der Waals surface area contributed by atoms with Gasteiger partial charge in [-0.15, -0.1) is 0 Å². The summed E-state index contributed by atoms with van der Waals surface area (Å²) >= 11 is 0. The first-order valence-corrected chi connectivity index (χ1v) is 5.85. The lowest BCUT2D eigenvalue weighted by Gasteiger charge is -2.42. The number of aliphatic carboxylic acids is 1. The first kappa shape index (κ1) is 11.4. The molecule has 0 unspecified atom stereocenters. The number of carboxylic acids is 1. The Morgan fingerprint density at radius 3 is 2.50 bits per heavy atom. The minimum Gasteiger partial charge on any atom is -0.480 e. The second-order valence-electron chi connectivity index (χ2n) is 4.83. The molecule has 2 fully saturated rings. The van der Waals surface area contributed by atoms with Crippen LogP contribution >= 0.6 is 0 Å². The Balaban J connectivity index is 2.12. The maximum absolute atomic E-state index is 12.3. The van der Waals surface area contributed by atoms with Crippen molar-refractivity contribution in [2.45, 2.75) is 38.1 Å². The van der Waals surface area contributed by atoms with E-state index < -0.39 is 17.4 Å². The Morgan fingerprint density at radius 2 is 2.06 bits per heavy atom. The summed E-state index contributed by atoms with van der Waals surface area (Å²) < 4.78 is 0. The van der Waals surface area contributed by atoms with Crippen molar-refractivity contribution in [1.82, 2.24) is 4.90 Å². The summed E-state index contributed by atoms with van der Waals surface area (Å²) in [6.07, 6.45) is 4.00. The molecule has 5 heteroatoms. The van der Waals surface area contributed by atoms with Gasteiger partial charge in [0.2, 0.25) is 5.91 Å². The van der Waals surface area contributed by atoms with Gasteiger partial charge in [0.15, 0.2) is 0 Å². The third-order valence-corrected chi connectivity index (χ3v) is 3.95. The van der Waals surface area contributed by atoms with E-state index >= 15 is 0 Å². The average molecular weight is 226 g/mol. The molecule has 1 atom stereocenters. The van der Waals surface area contributed by atoms with Crippen molar-refractivity contribution >= 4 is 11.9 Å². The molecule has 1 heterocycles. The Kier molecular flexibility index (Phi) is 2.88. The minimum absolute atomic E-state index is 0.0360. The molecule has 1 aliphatic carbocycles. The van der Waals surface area contributed by atoms with Crippen molar-refractivity contribution in [2.24, 2.45) is 11.1 Å². The number of rotatable bonds is 3. The molecule has 90 valence electrons. The van der Waals surface area contributed by atoms with Crippen LogP contribution in [0, 0.1) is 5.41 Å². The third-order valence-electron chi connectivity index (χ3n) is 3.95. The fourth-order valence-electron chi connectivity index (χ4n) is 2.68. The molecule has 1 aliphatic heterocycles. The van der Waals surface area contributed by atoms with E-state index in [1.165, 1.54) is 4.90 Å². The Hall–Kier alpha value is -1.10. The average Bonchev–Trinajstić information content (AvgIpc) is 2.64. The van der Waals surface area contributed by atoms with Crippen LogP contribution in [0.4, 0.5) is 0 Å².